The molecular formula is C29H34N4O6. The number of carbonyl (C=O) groups is 3. The number of primary amides is 1. The van der Waals surface area contributed by atoms with Crippen molar-refractivity contribution in [2.24, 2.45) is 5.73 Å². The van der Waals surface area contributed by atoms with Crippen LogP contribution < -0.4 is 35.9 Å². The Labute approximate surface area is 227 Å². The Balaban J connectivity index is 2.06. The van der Waals surface area contributed by atoms with Gasteiger partial charge in [0.1, 0.15) is 17.2 Å². The molecule has 0 bridgehead atoms. The maximum absolute atomic E-state index is 13.7. The summed E-state index contributed by atoms with van der Waals surface area (Å²) < 4.78 is 17.0. The molecule has 10 heteroatoms. The van der Waals surface area contributed by atoms with Gasteiger partial charge in [-0.3, -0.25) is 14.5 Å². The number of ketones is 1. The van der Waals surface area contributed by atoms with Gasteiger partial charge in [0, 0.05) is 28.6 Å². The van der Waals surface area contributed by atoms with Crippen LogP contribution in [0.4, 0.5) is 21.9 Å². The highest BCUT2D eigenvalue weighted by molar-refractivity contribution is 6.04. The van der Waals surface area contributed by atoms with Crippen LogP contribution in [0, 0.1) is 0 Å². The Kier molecular flexibility index (Phi) is 9.75. The van der Waals surface area contributed by atoms with Crippen LogP contribution in [0.25, 0.3) is 0 Å². The van der Waals surface area contributed by atoms with Gasteiger partial charge in [-0.25, -0.2) is 4.79 Å². The Bertz CT molecular complexity index is 1360. The number of rotatable bonds is 12. The van der Waals surface area contributed by atoms with Gasteiger partial charge in [0.25, 0.3) is 5.91 Å². The van der Waals surface area contributed by atoms with Crippen molar-refractivity contribution < 1.29 is 28.6 Å². The fraction of sp³-hybridized carbons (Fsp3) is 0.276. The zero-order valence-electron chi connectivity index (χ0n) is 22.6. The van der Waals surface area contributed by atoms with Crippen LogP contribution in [0.1, 0.15) is 54.0 Å². The summed E-state index contributed by atoms with van der Waals surface area (Å²) in [7, 11) is 0. The van der Waals surface area contributed by atoms with E-state index in [0.717, 1.165) is 0 Å². The summed E-state index contributed by atoms with van der Waals surface area (Å²) in [5, 5.41) is 2.82. The number of nitrogens with two attached hydrogens (primary N) is 2. The Morgan fingerprint density at radius 3 is 2.15 bits per heavy atom. The van der Waals surface area contributed by atoms with E-state index in [2.05, 4.69) is 5.32 Å². The SMILES string of the molecule is CCOc1cc(CN(C(=O)Nc2ccc(OCC)c(C(N)=O)c2)c2cccc(C(C)=O)c2)c(OCC)cc1N. The number of nitrogens with zero attached hydrogens (tertiary/aromatic N) is 1. The number of carbonyl (C=O) groups excluding carboxylic acids is 3. The van der Waals surface area contributed by atoms with E-state index < -0.39 is 11.9 Å². The average Bonchev–Trinajstić information content (AvgIpc) is 2.90. The molecule has 0 saturated carbocycles. The molecule has 0 aliphatic rings. The van der Waals surface area contributed by atoms with Crippen LogP contribution in [0.3, 0.4) is 0 Å². The molecule has 0 radical (unpaired) electrons. The Morgan fingerprint density at radius 2 is 1.51 bits per heavy atom. The lowest BCUT2D eigenvalue weighted by Crippen LogP contribution is -2.35. The minimum atomic E-state index is -0.688. The minimum absolute atomic E-state index is 0.0581. The van der Waals surface area contributed by atoms with Crippen molar-refractivity contribution >= 4 is 34.8 Å². The monoisotopic (exact) mass is 534 g/mol. The van der Waals surface area contributed by atoms with Crippen LogP contribution in [-0.4, -0.2) is 37.5 Å². The first-order valence-electron chi connectivity index (χ1n) is 12.6. The number of anilines is 3. The second-order valence-corrected chi connectivity index (χ2v) is 8.49. The summed E-state index contributed by atoms with van der Waals surface area (Å²) in [6.45, 7) is 8.13. The molecule has 3 amide bonds. The summed E-state index contributed by atoms with van der Waals surface area (Å²) in [5.41, 5.74) is 14.1. The largest absolute Gasteiger partial charge is 0.493 e. The zero-order valence-corrected chi connectivity index (χ0v) is 22.6. The van der Waals surface area contributed by atoms with Crippen molar-refractivity contribution in [3.8, 4) is 17.2 Å². The molecule has 0 aromatic heterocycles. The number of ether oxygens (including phenoxy) is 3. The predicted octanol–water partition coefficient (Wildman–Crippen LogP) is 5.01. The summed E-state index contributed by atoms with van der Waals surface area (Å²) in [6, 6.07) is 14.3. The molecule has 0 atom stereocenters. The summed E-state index contributed by atoms with van der Waals surface area (Å²) in [6.07, 6.45) is 0. The lowest BCUT2D eigenvalue weighted by atomic mass is 10.1. The van der Waals surface area contributed by atoms with Gasteiger partial charge in [0.2, 0.25) is 0 Å². The number of amides is 3. The number of Topliss-reactive ketones (excluding diaryl/α,β-unsaturated/α-hetero) is 1. The smallest absolute Gasteiger partial charge is 0.326 e. The molecule has 0 aliphatic carbocycles. The van der Waals surface area contributed by atoms with Crippen LogP contribution in [0.15, 0.2) is 54.6 Å². The maximum atomic E-state index is 13.7. The van der Waals surface area contributed by atoms with Crippen LogP contribution >= 0.6 is 0 Å². The van der Waals surface area contributed by atoms with E-state index in [4.69, 9.17) is 25.7 Å². The normalized spacial score (nSPS) is 10.5. The highest BCUT2D eigenvalue weighted by atomic mass is 16.5. The van der Waals surface area contributed by atoms with Crippen molar-refractivity contribution in [2.45, 2.75) is 34.2 Å². The fourth-order valence-corrected chi connectivity index (χ4v) is 3.93. The van der Waals surface area contributed by atoms with Gasteiger partial charge in [0.15, 0.2) is 5.78 Å². The van der Waals surface area contributed by atoms with Crippen molar-refractivity contribution in [1.82, 2.24) is 0 Å². The standard InChI is InChI=1S/C29H34N4O6/c1-5-37-25-12-11-21(15-23(25)28(31)35)32-29(36)33(22-10-8-9-19(13-22)18(4)34)17-20-14-27(39-7-3)24(30)16-26(20)38-6-2/h8-16H,5-7,17,30H2,1-4H3,(H2,31,35)(H,32,36). The second-order valence-electron chi connectivity index (χ2n) is 8.49. The average molecular weight is 535 g/mol. The quantitative estimate of drug-likeness (QED) is 0.219. The molecule has 3 aromatic carbocycles. The number of nitrogen functional groups attached to an aromatic ring is 1. The van der Waals surface area contributed by atoms with Gasteiger partial charge in [-0.15, -0.1) is 0 Å². The van der Waals surface area contributed by atoms with Gasteiger partial charge in [-0.1, -0.05) is 12.1 Å². The molecule has 3 aromatic rings. The maximum Gasteiger partial charge on any atom is 0.326 e. The van der Waals surface area contributed by atoms with Crippen LogP contribution in [0.5, 0.6) is 17.2 Å². The molecule has 3 rings (SSSR count). The third-order valence-electron chi connectivity index (χ3n) is 5.73. The molecular weight excluding hydrogens is 500 g/mol. The number of hydrogen-bond acceptors (Lipinski definition) is 7. The van der Waals surface area contributed by atoms with Crippen LogP contribution in [-0.2, 0) is 6.54 Å². The van der Waals surface area contributed by atoms with E-state index in [9.17, 15) is 14.4 Å². The topological polar surface area (TPSA) is 146 Å². The summed E-state index contributed by atoms with van der Waals surface area (Å²) >= 11 is 0. The number of urea groups is 1. The Hall–Kier alpha value is -4.73. The zero-order chi connectivity index (χ0) is 28.5. The van der Waals surface area contributed by atoms with Crippen molar-refractivity contribution in [3.05, 3.63) is 71.3 Å². The highest BCUT2D eigenvalue weighted by Crippen LogP contribution is 2.34. The Morgan fingerprint density at radius 1 is 0.846 bits per heavy atom. The third kappa shape index (κ3) is 7.19. The fourth-order valence-electron chi connectivity index (χ4n) is 3.93. The minimum Gasteiger partial charge on any atom is -0.493 e. The lowest BCUT2D eigenvalue weighted by Gasteiger charge is -2.26. The molecule has 0 saturated heterocycles. The molecule has 0 spiro atoms. The van der Waals surface area contributed by atoms with Gasteiger partial charge in [-0.2, -0.15) is 0 Å². The highest BCUT2D eigenvalue weighted by Gasteiger charge is 2.22. The summed E-state index contributed by atoms with van der Waals surface area (Å²) in [5.74, 6) is 0.450. The van der Waals surface area contributed by atoms with Gasteiger partial charge in [0.05, 0.1) is 37.6 Å². The molecule has 0 unspecified atom stereocenters. The second kappa shape index (κ2) is 13.2. The van der Waals surface area contributed by atoms with Crippen molar-refractivity contribution in [2.75, 3.05) is 35.8 Å². The first kappa shape index (κ1) is 28.8. The van der Waals surface area contributed by atoms with E-state index in [1.165, 1.54) is 17.9 Å². The molecule has 5 N–H and O–H groups in total. The van der Waals surface area contributed by atoms with Gasteiger partial charge < -0.3 is 31.0 Å². The van der Waals surface area contributed by atoms with Crippen LogP contribution in [0.2, 0.25) is 0 Å². The first-order chi connectivity index (χ1) is 18.7. The molecule has 39 heavy (non-hydrogen) atoms. The van der Waals surface area contributed by atoms with E-state index in [1.54, 1.807) is 55.5 Å². The molecule has 0 heterocycles. The van der Waals surface area contributed by atoms with Gasteiger partial charge >= 0.3 is 6.03 Å². The van der Waals surface area contributed by atoms with E-state index in [0.29, 0.717) is 65.3 Å². The number of hydrogen-bond donors (Lipinski definition) is 3. The summed E-state index contributed by atoms with van der Waals surface area (Å²) in [4.78, 5) is 39.3. The third-order valence-corrected chi connectivity index (χ3v) is 5.73. The number of benzene rings is 3. The van der Waals surface area contributed by atoms with Gasteiger partial charge in [-0.05, 0) is 64.1 Å². The lowest BCUT2D eigenvalue weighted by molar-refractivity contribution is 0.0993. The van der Waals surface area contributed by atoms with E-state index in [-0.39, 0.29) is 17.9 Å². The first-order valence-corrected chi connectivity index (χ1v) is 12.6. The van der Waals surface area contributed by atoms with E-state index >= 15 is 0 Å². The molecule has 10 nitrogen and oxygen atoms in total. The molecule has 0 fully saturated rings. The van der Waals surface area contributed by atoms with Crippen molar-refractivity contribution in [1.29, 1.82) is 0 Å². The van der Waals surface area contributed by atoms with Crippen molar-refractivity contribution in [3.63, 3.8) is 0 Å². The molecule has 0 aliphatic heterocycles. The molecule has 206 valence electrons. The number of nitrogens with one attached hydrogen (secondary N) is 1. The van der Waals surface area contributed by atoms with E-state index in [1.807, 2.05) is 13.8 Å². The predicted molar refractivity (Wildman–Crippen MR) is 151 cm³/mol.